The van der Waals surface area contributed by atoms with Crippen LogP contribution in [0.15, 0.2) is 28.0 Å². The molecule has 13 nitrogen and oxygen atoms in total. The van der Waals surface area contributed by atoms with Crippen LogP contribution in [0.25, 0.3) is 0 Å². The smallest absolute Gasteiger partial charge is 0.296 e. The Bertz CT molecular complexity index is 1210. The Balaban J connectivity index is 2.08. The minimum absolute atomic E-state index is 0.0858. The molecular formula is C18H27N7O6S2. The van der Waals surface area contributed by atoms with Crippen molar-refractivity contribution in [1.29, 1.82) is 0 Å². The van der Waals surface area contributed by atoms with Gasteiger partial charge in [0.1, 0.15) is 4.90 Å². The van der Waals surface area contributed by atoms with Crippen molar-refractivity contribution >= 4 is 43.8 Å². The summed E-state index contributed by atoms with van der Waals surface area (Å²) in [6, 6.07) is 2.79. The van der Waals surface area contributed by atoms with Crippen LogP contribution in [0.4, 0.5) is 23.5 Å². The zero-order chi connectivity index (χ0) is 24.2. The Labute approximate surface area is 192 Å². The number of anilines is 4. The van der Waals surface area contributed by atoms with E-state index in [4.69, 9.17) is 5.73 Å². The molecule has 0 saturated carbocycles. The number of aromatic nitrogens is 3. The Morgan fingerprint density at radius 3 is 2.45 bits per heavy atom. The van der Waals surface area contributed by atoms with Gasteiger partial charge in [-0.1, -0.05) is 6.92 Å². The molecule has 0 amide bonds. The van der Waals surface area contributed by atoms with Crippen molar-refractivity contribution in [3.8, 4) is 0 Å². The van der Waals surface area contributed by atoms with Crippen LogP contribution in [0.3, 0.4) is 0 Å². The fraction of sp³-hybridized carbons (Fsp3) is 0.500. The average molecular weight is 502 g/mol. The molecule has 1 atom stereocenters. The first-order valence-corrected chi connectivity index (χ1v) is 13.2. The highest BCUT2D eigenvalue weighted by atomic mass is 32.2. The maximum absolute atomic E-state index is 11.8. The van der Waals surface area contributed by atoms with Gasteiger partial charge in [0.2, 0.25) is 17.8 Å². The third kappa shape index (κ3) is 6.26. The predicted molar refractivity (Wildman–Crippen MR) is 122 cm³/mol. The van der Waals surface area contributed by atoms with E-state index in [9.17, 15) is 25.9 Å². The molecule has 0 spiro atoms. The largest absolute Gasteiger partial charge is 0.353 e. The topological polar surface area (TPSA) is 201 Å². The van der Waals surface area contributed by atoms with Crippen LogP contribution in [0.5, 0.6) is 0 Å². The fourth-order valence-electron chi connectivity index (χ4n) is 3.61. The third-order valence-corrected chi connectivity index (χ3v) is 6.94. The van der Waals surface area contributed by atoms with E-state index in [-0.39, 0.29) is 23.6 Å². The van der Waals surface area contributed by atoms with Gasteiger partial charge in [0.25, 0.3) is 20.2 Å². The van der Waals surface area contributed by atoms with E-state index in [1.165, 1.54) is 0 Å². The Hall–Kier alpha value is -2.59. The number of hydrogen-bond donors (Lipinski definition) is 5. The van der Waals surface area contributed by atoms with Gasteiger partial charge in [-0.05, 0) is 43.9 Å². The Morgan fingerprint density at radius 2 is 1.82 bits per heavy atom. The maximum Gasteiger partial charge on any atom is 0.296 e. The number of nitrogens with zero attached hydrogens (tertiary/aromatic N) is 4. The SMILES string of the molecule is CCC1CCCCN1c1nc(NCCN)nc(Nc2cc(S(=O)(=O)O)ccc2S(=O)(=O)O)n1. The van der Waals surface area contributed by atoms with Crippen LogP contribution in [-0.2, 0) is 20.2 Å². The molecule has 1 aromatic heterocycles. The quantitative estimate of drug-likeness (QED) is 0.308. The Kier molecular flexibility index (Phi) is 7.69. The van der Waals surface area contributed by atoms with E-state index in [2.05, 4.69) is 32.5 Å². The molecular weight excluding hydrogens is 474 g/mol. The number of nitrogens with two attached hydrogens (primary N) is 1. The zero-order valence-corrected chi connectivity index (χ0v) is 19.6. The van der Waals surface area contributed by atoms with Gasteiger partial charge in [0, 0.05) is 25.7 Å². The van der Waals surface area contributed by atoms with Gasteiger partial charge in [0.05, 0.1) is 10.6 Å². The Morgan fingerprint density at radius 1 is 1.09 bits per heavy atom. The van der Waals surface area contributed by atoms with Crippen molar-refractivity contribution in [2.24, 2.45) is 5.73 Å². The van der Waals surface area contributed by atoms with Crippen molar-refractivity contribution in [1.82, 2.24) is 15.0 Å². The highest BCUT2D eigenvalue weighted by molar-refractivity contribution is 7.86. The van der Waals surface area contributed by atoms with Crippen LogP contribution in [0, 0.1) is 0 Å². The predicted octanol–water partition coefficient (Wildman–Crippen LogP) is 1.25. The van der Waals surface area contributed by atoms with Gasteiger partial charge in [-0.25, -0.2) is 0 Å². The second-order valence-corrected chi connectivity index (χ2v) is 10.3. The van der Waals surface area contributed by atoms with E-state index < -0.39 is 30.0 Å². The number of rotatable bonds is 9. The molecule has 1 aliphatic rings. The molecule has 1 saturated heterocycles. The highest BCUT2D eigenvalue weighted by Crippen LogP contribution is 2.29. The summed E-state index contributed by atoms with van der Waals surface area (Å²) >= 11 is 0. The summed E-state index contributed by atoms with van der Waals surface area (Å²) < 4.78 is 65.7. The van der Waals surface area contributed by atoms with Crippen LogP contribution >= 0.6 is 0 Å². The van der Waals surface area contributed by atoms with Crippen molar-refractivity contribution < 1.29 is 25.9 Å². The summed E-state index contributed by atoms with van der Waals surface area (Å²) in [6.45, 7) is 3.48. The van der Waals surface area contributed by atoms with E-state index in [0.717, 1.165) is 50.4 Å². The van der Waals surface area contributed by atoms with Gasteiger partial charge in [-0.3, -0.25) is 9.11 Å². The van der Waals surface area contributed by atoms with Crippen molar-refractivity contribution in [2.45, 2.75) is 48.4 Å². The van der Waals surface area contributed by atoms with Gasteiger partial charge in [0.15, 0.2) is 0 Å². The molecule has 3 rings (SSSR count). The molecule has 15 heteroatoms. The number of piperidine rings is 1. The van der Waals surface area contributed by atoms with Crippen LogP contribution in [0.2, 0.25) is 0 Å². The van der Waals surface area contributed by atoms with Crippen molar-refractivity contribution in [3.05, 3.63) is 18.2 Å². The maximum atomic E-state index is 11.8. The molecule has 2 aromatic rings. The molecule has 2 heterocycles. The lowest BCUT2D eigenvalue weighted by molar-refractivity contribution is 0.443. The molecule has 6 N–H and O–H groups in total. The minimum Gasteiger partial charge on any atom is -0.353 e. The van der Waals surface area contributed by atoms with E-state index >= 15 is 0 Å². The summed E-state index contributed by atoms with van der Waals surface area (Å²) in [5.74, 6) is 0.461. The molecule has 1 fully saturated rings. The van der Waals surface area contributed by atoms with Gasteiger partial charge in [-0.2, -0.15) is 31.8 Å². The van der Waals surface area contributed by atoms with Crippen LogP contribution in [-0.4, -0.2) is 66.6 Å². The lowest BCUT2D eigenvalue weighted by Gasteiger charge is -2.35. The van der Waals surface area contributed by atoms with Crippen molar-refractivity contribution in [3.63, 3.8) is 0 Å². The molecule has 182 valence electrons. The van der Waals surface area contributed by atoms with Crippen molar-refractivity contribution in [2.75, 3.05) is 35.2 Å². The first-order valence-electron chi connectivity index (χ1n) is 10.4. The molecule has 0 aliphatic carbocycles. The minimum atomic E-state index is -4.74. The molecule has 1 aromatic carbocycles. The summed E-state index contributed by atoms with van der Waals surface area (Å²) in [6.07, 6.45) is 3.90. The second-order valence-electron chi connectivity index (χ2n) is 7.48. The normalized spacial score (nSPS) is 17.1. The summed E-state index contributed by atoms with van der Waals surface area (Å²) in [5.41, 5.74) is 5.22. The zero-order valence-electron chi connectivity index (χ0n) is 18.0. The molecule has 0 bridgehead atoms. The average Bonchev–Trinajstić information content (AvgIpc) is 2.76. The molecule has 1 aliphatic heterocycles. The van der Waals surface area contributed by atoms with Crippen LogP contribution < -0.4 is 21.3 Å². The number of benzene rings is 1. The summed E-state index contributed by atoms with van der Waals surface area (Å²) in [5, 5.41) is 5.60. The van der Waals surface area contributed by atoms with Gasteiger partial charge < -0.3 is 21.3 Å². The number of hydrogen-bond acceptors (Lipinski definition) is 11. The first kappa shape index (κ1) is 25.0. The van der Waals surface area contributed by atoms with Crippen LogP contribution in [0.1, 0.15) is 32.6 Å². The first-order chi connectivity index (χ1) is 15.5. The van der Waals surface area contributed by atoms with E-state index in [0.29, 0.717) is 19.0 Å². The lowest BCUT2D eigenvalue weighted by Crippen LogP contribution is -2.40. The second kappa shape index (κ2) is 10.1. The van der Waals surface area contributed by atoms with E-state index in [1.54, 1.807) is 0 Å². The van der Waals surface area contributed by atoms with Gasteiger partial charge >= 0.3 is 0 Å². The summed E-state index contributed by atoms with van der Waals surface area (Å²) in [7, 11) is -9.38. The molecule has 0 radical (unpaired) electrons. The highest BCUT2D eigenvalue weighted by Gasteiger charge is 2.25. The molecule has 1 unspecified atom stereocenters. The number of nitrogens with one attached hydrogen (secondary N) is 2. The monoisotopic (exact) mass is 501 g/mol. The fourth-order valence-corrected chi connectivity index (χ4v) is 4.75. The summed E-state index contributed by atoms with van der Waals surface area (Å²) in [4.78, 5) is 13.9. The molecule has 33 heavy (non-hydrogen) atoms. The lowest BCUT2D eigenvalue weighted by atomic mass is 10.0. The standard InChI is InChI=1S/C18H27N7O6S2/c1-2-12-5-3-4-10-25(12)18-23-16(20-9-8-19)22-17(24-18)21-14-11-13(32(26,27)28)6-7-15(14)33(29,30)31/h6-7,11-12H,2-5,8-10,19H2,1H3,(H,26,27,28)(H,29,30,31)(H2,20,21,22,23,24). The van der Waals surface area contributed by atoms with E-state index in [1.807, 2.05) is 4.90 Å². The third-order valence-electron chi connectivity index (χ3n) is 5.18. The van der Waals surface area contributed by atoms with Gasteiger partial charge in [-0.15, -0.1) is 0 Å².